The lowest BCUT2D eigenvalue weighted by Gasteiger charge is -2.35. The van der Waals surface area contributed by atoms with Gasteiger partial charge in [-0.25, -0.2) is 4.98 Å². The Kier molecular flexibility index (Phi) is 4.08. The van der Waals surface area contributed by atoms with E-state index in [1.54, 1.807) is 12.4 Å². The van der Waals surface area contributed by atoms with E-state index in [1.165, 1.54) is 0 Å². The Hall–Kier alpha value is -1.72. The maximum atomic E-state index is 5.88. The molecule has 5 nitrogen and oxygen atoms in total. The van der Waals surface area contributed by atoms with E-state index >= 15 is 0 Å². The molecule has 1 aliphatic heterocycles. The van der Waals surface area contributed by atoms with Gasteiger partial charge in [-0.1, -0.05) is 17.7 Å². The summed E-state index contributed by atoms with van der Waals surface area (Å²) < 4.78 is 0. The molecular weight excluding hydrogens is 274 g/mol. The van der Waals surface area contributed by atoms with Crippen LogP contribution in [0.25, 0.3) is 0 Å². The van der Waals surface area contributed by atoms with Crippen LogP contribution in [0.4, 0.5) is 5.82 Å². The SMILES string of the molecule is Clc1cncc(N2CCN(Cc3ccccn3)CC2)n1. The quantitative estimate of drug-likeness (QED) is 0.863. The fraction of sp³-hybridized carbons (Fsp3) is 0.357. The molecule has 3 heterocycles. The second kappa shape index (κ2) is 6.15. The first kappa shape index (κ1) is 13.3. The number of aromatic nitrogens is 3. The van der Waals surface area contributed by atoms with E-state index in [2.05, 4.69) is 30.8 Å². The number of halogens is 1. The zero-order valence-electron chi connectivity index (χ0n) is 11.1. The average Bonchev–Trinajstić information content (AvgIpc) is 2.49. The van der Waals surface area contributed by atoms with Gasteiger partial charge in [-0.3, -0.25) is 14.9 Å². The lowest BCUT2D eigenvalue weighted by molar-refractivity contribution is 0.246. The number of nitrogens with zero attached hydrogens (tertiary/aromatic N) is 5. The highest BCUT2D eigenvalue weighted by atomic mass is 35.5. The summed E-state index contributed by atoms with van der Waals surface area (Å²) in [6, 6.07) is 6.04. The molecule has 1 aliphatic rings. The van der Waals surface area contributed by atoms with Gasteiger partial charge in [-0.05, 0) is 12.1 Å². The summed E-state index contributed by atoms with van der Waals surface area (Å²) in [6.07, 6.45) is 5.16. The number of hydrogen-bond donors (Lipinski definition) is 0. The molecule has 2 aromatic rings. The van der Waals surface area contributed by atoms with Gasteiger partial charge in [-0.15, -0.1) is 0 Å². The Labute approximate surface area is 123 Å². The Morgan fingerprint density at radius 1 is 1.10 bits per heavy atom. The summed E-state index contributed by atoms with van der Waals surface area (Å²) in [5.41, 5.74) is 1.11. The normalized spacial score (nSPS) is 16.4. The molecule has 0 aliphatic carbocycles. The second-order valence-corrected chi connectivity index (χ2v) is 5.17. The molecule has 2 aromatic heterocycles. The van der Waals surface area contributed by atoms with Gasteiger partial charge in [0, 0.05) is 38.9 Å². The van der Waals surface area contributed by atoms with Crippen molar-refractivity contribution < 1.29 is 0 Å². The van der Waals surface area contributed by atoms with Crippen LogP contribution in [0, 0.1) is 0 Å². The zero-order valence-corrected chi connectivity index (χ0v) is 11.9. The average molecular weight is 290 g/mol. The van der Waals surface area contributed by atoms with Crippen LogP contribution >= 0.6 is 11.6 Å². The topological polar surface area (TPSA) is 45.2 Å². The number of pyridine rings is 1. The van der Waals surface area contributed by atoms with E-state index < -0.39 is 0 Å². The molecule has 1 fully saturated rings. The molecule has 104 valence electrons. The molecule has 6 heteroatoms. The summed E-state index contributed by atoms with van der Waals surface area (Å²) in [5.74, 6) is 0.856. The number of piperazine rings is 1. The fourth-order valence-electron chi connectivity index (χ4n) is 2.34. The maximum absolute atomic E-state index is 5.88. The van der Waals surface area contributed by atoms with Crippen molar-refractivity contribution in [2.45, 2.75) is 6.54 Å². The first-order chi connectivity index (χ1) is 9.81. The van der Waals surface area contributed by atoms with Crippen LogP contribution < -0.4 is 4.90 Å². The molecule has 20 heavy (non-hydrogen) atoms. The Bertz CT molecular complexity index is 555. The van der Waals surface area contributed by atoms with E-state index in [1.807, 2.05) is 18.3 Å². The van der Waals surface area contributed by atoms with Crippen LogP contribution in [0.3, 0.4) is 0 Å². The molecule has 0 radical (unpaired) electrons. The highest BCUT2D eigenvalue weighted by Gasteiger charge is 2.18. The van der Waals surface area contributed by atoms with Crippen LogP contribution in [0.15, 0.2) is 36.8 Å². The lowest BCUT2D eigenvalue weighted by atomic mass is 10.2. The smallest absolute Gasteiger partial charge is 0.149 e. The largest absolute Gasteiger partial charge is 0.353 e. The van der Waals surface area contributed by atoms with Gasteiger partial charge in [0.1, 0.15) is 11.0 Å². The van der Waals surface area contributed by atoms with Gasteiger partial charge in [0.05, 0.1) is 18.1 Å². The van der Waals surface area contributed by atoms with Crippen LogP contribution in [0.2, 0.25) is 5.15 Å². The molecular formula is C14H16ClN5. The Balaban J connectivity index is 1.57. The van der Waals surface area contributed by atoms with Crippen LogP contribution in [0.5, 0.6) is 0 Å². The van der Waals surface area contributed by atoms with Gasteiger partial charge in [0.25, 0.3) is 0 Å². The first-order valence-corrected chi connectivity index (χ1v) is 7.04. The molecule has 0 unspecified atom stereocenters. The van der Waals surface area contributed by atoms with Gasteiger partial charge < -0.3 is 4.90 Å². The predicted molar refractivity (Wildman–Crippen MR) is 78.8 cm³/mol. The molecule has 0 atom stereocenters. The lowest BCUT2D eigenvalue weighted by Crippen LogP contribution is -2.46. The third-order valence-electron chi connectivity index (χ3n) is 3.40. The maximum Gasteiger partial charge on any atom is 0.149 e. The second-order valence-electron chi connectivity index (χ2n) is 4.78. The van der Waals surface area contributed by atoms with Crippen molar-refractivity contribution >= 4 is 17.4 Å². The molecule has 0 N–H and O–H groups in total. The van der Waals surface area contributed by atoms with Crippen molar-refractivity contribution in [3.05, 3.63) is 47.6 Å². The van der Waals surface area contributed by atoms with Gasteiger partial charge in [0.2, 0.25) is 0 Å². The van der Waals surface area contributed by atoms with Gasteiger partial charge >= 0.3 is 0 Å². The molecule has 1 saturated heterocycles. The molecule has 0 aromatic carbocycles. The standard InChI is InChI=1S/C14H16ClN5/c15-13-9-16-10-14(18-13)20-7-5-19(6-8-20)11-12-3-1-2-4-17-12/h1-4,9-10H,5-8,11H2. The molecule has 0 amide bonds. The first-order valence-electron chi connectivity index (χ1n) is 6.66. The summed E-state index contributed by atoms with van der Waals surface area (Å²) in [6.45, 7) is 4.75. The van der Waals surface area contributed by atoms with Crippen molar-refractivity contribution in [1.82, 2.24) is 19.9 Å². The fourth-order valence-corrected chi connectivity index (χ4v) is 2.48. The highest BCUT2D eigenvalue weighted by molar-refractivity contribution is 6.29. The van der Waals surface area contributed by atoms with E-state index in [-0.39, 0.29) is 0 Å². The van der Waals surface area contributed by atoms with Crippen molar-refractivity contribution in [1.29, 1.82) is 0 Å². The third-order valence-corrected chi connectivity index (χ3v) is 3.58. The van der Waals surface area contributed by atoms with Gasteiger partial charge in [-0.2, -0.15) is 0 Å². The van der Waals surface area contributed by atoms with Crippen molar-refractivity contribution in [3.8, 4) is 0 Å². The van der Waals surface area contributed by atoms with Crippen molar-refractivity contribution in [2.75, 3.05) is 31.1 Å². The predicted octanol–water partition coefficient (Wildman–Crippen LogP) is 1.85. The molecule has 0 saturated carbocycles. The van der Waals surface area contributed by atoms with E-state index in [4.69, 9.17) is 11.6 Å². The highest BCUT2D eigenvalue weighted by Crippen LogP contribution is 2.15. The molecule has 0 bridgehead atoms. The molecule has 0 spiro atoms. The number of hydrogen-bond acceptors (Lipinski definition) is 5. The summed E-state index contributed by atoms with van der Waals surface area (Å²) >= 11 is 5.88. The van der Waals surface area contributed by atoms with Crippen LogP contribution in [-0.2, 0) is 6.54 Å². The minimum Gasteiger partial charge on any atom is -0.353 e. The molecule has 3 rings (SSSR count). The Morgan fingerprint density at radius 3 is 2.65 bits per heavy atom. The monoisotopic (exact) mass is 289 g/mol. The number of rotatable bonds is 3. The zero-order chi connectivity index (χ0) is 13.8. The summed E-state index contributed by atoms with van der Waals surface area (Å²) in [7, 11) is 0. The van der Waals surface area contributed by atoms with Gasteiger partial charge in [0.15, 0.2) is 0 Å². The van der Waals surface area contributed by atoms with E-state index in [0.29, 0.717) is 5.15 Å². The minimum absolute atomic E-state index is 0.443. The minimum atomic E-state index is 0.443. The van der Waals surface area contributed by atoms with Crippen molar-refractivity contribution in [3.63, 3.8) is 0 Å². The van der Waals surface area contributed by atoms with Crippen LogP contribution in [-0.4, -0.2) is 46.0 Å². The summed E-state index contributed by atoms with van der Waals surface area (Å²) in [4.78, 5) is 17.4. The van der Waals surface area contributed by atoms with E-state index in [9.17, 15) is 0 Å². The van der Waals surface area contributed by atoms with E-state index in [0.717, 1.165) is 44.2 Å². The Morgan fingerprint density at radius 2 is 1.95 bits per heavy atom. The summed E-state index contributed by atoms with van der Waals surface area (Å²) in [5, 5.41) is 0.443. The van der Waals surface area contributed by atoms with Crippen LogP contribution in [0.1, 0.15) is 5.69 Å². The van der Waals surface area contributed by atoms with Crippen molar-refractivity contribution in [2.24, 2.45) is 0 Å². The number of anilines is 1. The third kappa shape index (κ3) is 3.23.